The highest BCUT2D eigenvalue weighted by Crippen LogP contribution is 2.18. The third-order valence-corrected chi connectivity index (χ3v) is 4.13. The van der Waals surface area contributed by atoms with E-state index >= 15 is 0 Å². The Balaban J connectivity index is 2.02. The maximum Gasteiger partial charge on any atom is 0.254 e. The molecule has 1 aliphatic heterocycles. The second-order valence-electron chi connectivity index (χ2n) is 5.60. The Morgan fingerprint density at radius 2 is 2.00 bits per heavy atom. The molecule has 1 heterocycles. The van der Waals surface area contributed by atoms with Crippen LogP contribution in [0.3, 0.4) is 0 Å². The molecule has 1 unspecified atom stereocenters. The maximum atomic E-state index is 12.5. The van der Waals surface area contributed by atoms with Crippen LogP contribution >= 0.6 is 0 Å². The van der Waals surface area contributed by atoms with Gasteiger partial charge in [-0.3, -0.25) is 9.80 Å². The Hall–Kier alpha value is -1.39. The number of hydrogen-bond donors (Lipinski definition) is 1. The lowest BCUT2D eigenvalue weighted by molar-refractivity contribution is -0.147. The van der Waals surface area contributed by atoms with Crippen molar-refractivity contribution in [2.75, 3.05) is 13.1 Å². The fraction of sp³-hybridized carbons (Fsp3) is 0.562. The van der Waals surface area contributed by atoms with Crippen LogP contribution in [0, 0.1) is 5.92 Å². The van der Waals surface area contributed by atoms with Crippen molar-refractivity contribution >= 4 is 5.91 Å². The number of carbonyl (C=O) groups is 1. The molecule has 0 aliphatic carbocycles. The molecule has 1 amide bonds. The van der Waals surface area contributed by atoms with Crippen molar-refractivity contribution in [2.45, 2.75) is 39.3 Å². The molecular formula is C16H25N3O. The highest BCUT2D eigenvalue weighted by molar-refractivity contribution is 5.81. The van der Waals surface area contributed by atoms with E-state index in [9.17, 15) is 4.79 Å². The number of benzene rings is 1. The molecule has 0 aromatic heterocycles. The van der Waals surface area contributed by atoms with Crippen LogP contribution in [0.5, 0.6) is 0 Å². The summed E-state index contributed by atoms with van der Waals surface area (Å²) in [5, 5.41) is 3.98. The summed E-state index contributed by atoms with van der Waals surface area (Å²) in [6.07, 6.45) is 1.95. The van der Waals surface area contributed by atoms with E-state index in [1.165, 1.54) is 5.56 Å². The summed E-state index contributed by atoms with van der Waals surface area (Å²) in [7, 11) is 0. The van der Waals surface area contributed by atoms with Crippen LogP contribution in [0.2, 0.25) is 0 Å². The second-order valence-corrected chi connectivity index (χ2v) is 5.60. The van der Waals surface area contributed by atoms with Crippen molar-refractivity contribution in [3.05, 3.63) is 35.9 Å². The van der Waals surface area contributed by atoms with Gasteiger partial charge in [-0.2, -0.15) is 0 Å². The lowest BCUT2D eigenvalue weighted by Crippen LogP contribution is -2.51. The Labute approximate surface area is 121 Å². The summed E-state index contributed by atoms with van der Waals surface area (Å²) < 4.78 is 0. The fourth-order valence-corrected chi connectivity index (χ4v) is 2.54. The Kier molecular flexibility index (Phi) is 5.15. The van der Waals surface area contributed by atoms with E-state index in [1.807, 2.05) is 30.1 Å². The van der Waals surface area contributed by atoms with Gasteiger partial charge in [0, 0.05) is 19.6 Å². The molecule has 20 heavy (non-hydrogen) atoms. The standard InChI is InChI=1S/C16H25N3O/c1-3-13(2)15(17)16(20)19-11-7-10-18(19)12-14-8-5-4-6-9-14/h4-6,8-9,13,15H,3,7,10-12,17H2,1-2H3/t13?,15-/m0/s1. The van der Waals surface area contributed by atoms with Gasteiger partial charge in [0.2, 0.25) is 0 Å². The first-order valence-electron chi connectivity index (χ1n) is 7.49. The van der Waals surface area contributed by atoms with Gasteiger partial charge >= 0.3 is 0 Å². The zero-order valence-corrected chi connectivity index (χ0v) is 12.5. The molecule has 0 bridgehead atoms. The summed E-state index contributed by atoms with van der Waals surface area (Å²) in [6.45, 7) is 6.60. The minimum atomic E-state index is -0.392. The van der Waals surface area contributed by atoms with E-state index in [1.54, 1.807) is 0 Å². The van der Waals surface area contributed by atoms with Crippen LogP contribution in [-0.4, -0.2) is 35.1 Å². The van der Waals surface area contributed by atoms with Crippen molar-refractivity contribution in [2.24, 2.45) is 11.7 Å². The highest BCUT2D eigenvalue weighted by atomic mass is 16.2. The van der Waals surface area contributed by atoms with Gasteiger partial charge in [0.25, 0.3) is 5.91 Å². The van der Waals surface area contributed by atoms with Gasteiger partial charge in [-0.05, 0) is 17.9 Å². The monoisotopic (exact) mass is 275 g/mol. The van der Waals surface area contributed by atoms with Gasteiger partial charge in [-0.15, -0.1) is 0 Å². The zero-order chi connectivity index (χ0) is 14.5. The van der Waals surface area contributed by atoms with Crippen LogP contribution in [0.4, 0.5) is 0 Å². The van der Waals surface area contributed by atoms with Crippen LogP contribution in [0.25, 0.3) is 0 Å². The Morgan fingerprint density at radius 3 is 2.65 bits per heavy atom. The molecule has 4 nitrogen and oxygen atoms in total. The molecule has 1 saturated heterocycles. The van der Waals surface area contributed by atoms with Gasteiger partial charge in [-0.1, -0.05) is 50.6 Å². The van der Waals surface area contributed by atoms with Crippen molar-refractivity contribution in [3.8, 4) is 0 Å². The first kappa shape index (κ1) is 15.0. The smallest absolute Gasteiger partial charge is 0.254 e. The predicted molar refractivity (Wildman–Crippen MR) is 80.6 cm³/mol. The van der Waals surface area contributed by atoms with Gasteiger partial charge in [0.1, 0.15) is 0 Å². The molecular weight excluding hydrogens is 250 g/mol. The van der Waals surface area contributed by atoms with Gasteiger partial charge in [0.05, 0.1) is 6.04 Å². The molecule has 0 spiro atoms. The quantitative estimate of drug-likeness (QED) is 0.894. The number of hydrazine groups is 1. The van der Waals surface area contributed by atoms with Crippen molar-refractivity contribution in [3.63, 3.8) is 0 Å². The molecule has 2 N–H and O–H groups in total. The largest absolute Gasteiger partial charge is 0.320 e. The number of rotatable bonds is 5. The molecule has 1 aromatic carbocycles. The van der Waals surface area contributed by atoms with Gasteiger partial charge in [-0.25, -0.2) is 5.01 Å². The molecule has 110 valence electrons. The van der Waals surface area contributed by atoms with Crippen LogP contribution in [0.15, 0.2) is 30.3 Å². The lowest BCUT2D eigenvalue weighted by Gasteiger charge is -2.31. The van der Waals surface area contributed by atoms with E-state index < -0.39 is 6.04 Å². The SMILES string of the molecule is CCC(C)[C@H](N)C(=O)N1CCCN1Cc1ccccc1. The van der Waals surface area contributed by atoms with E-state index in [2.05, 4.69) is 24.1 Å². The molecule has 0 saturated carbocycles. The first-order valence-corrected chi connectivity index (χ1v) is 7.49. The summed E-state index contributed by atoms with van der Waals surface area (Å²) in [5.41, 5.74) is 7.32. The topological polar surface area (TPSA) is 49.6 Å². The first-order chi connectivity index (χ1) is 9.63. The summed E-state index contributed by atoms with van der Waals surface area (Å²) in [4.78, 5) is 12.5. The number of hydrogen-bond acceptors (Lipinski definition) is 3. The molecule has 1 aliphatic rings. The van der Waals surface area contributed by atoms with Crippen LogP contribution < -0.4 is 5.73 Å². The van der Waals surface area contributed by atoms with Crippen LogP contribution in [-0.2, 0) is 11.3 Å². The summed E-state index contributed by atoms with van der Waals surface area (Å²) >= 11 is 0. The Morgan fingerprint density at radius 1 is 1.30 bits per heavy atom. The molecule has 4 heteroatoms. The van der Waals surface area contributed by atoms with Crippen molar-refractivity contribution < 1.29 is 4.79 Å². The van der Waals surface area contributed by atoms with Gasteiger partial charge in [0.15, 0.2) is 0 Å². The average Bonchev–Trinajstić information content (AvgIpc) is 2.94. The van der Waals surface area contributed by atoms with Crippen LogP contribution in [0.1, 0.15) is 32.3 Å². The zero-order valence-electron chi connectivity index (χ0n) is 12.5. The molecule has 2 atom stereocenters. The third-order valence-electron chi connectivity index (χ3n) is 4.13. The normalized spacial score (nSPS) is 19.1. The van der Waals surface area contributed by atoms with E-state index in [-0.39, 0.29) is 11.8 Å². The lowest BCUT2D eigenvalue weighted by atomic mass is 9.99. The number of carbonyl (C=O) groups excluding carboxylic acids is 1. The molecule has 1 aromatic rings. The average molecular weight is 275 g/mol. The predicted octanol–water partition coefficient (Wildman–Crippen LogP) is 2.01. The van der Waals surface area contributed by atoms with Gasteiger partial charge < -0.3 is 5.73 Å². The highest BCUT2D eigenvalue weighted by Gasteiger charge is 2.31. The van der Waals surface area contributed by atoms with Crippen molar-refractivity contribution in [1.82, 2.24) is 10.0 Å². The summed E-state index contributed by atoms with van der Waals surface area (Å²) in [5.74, 6) is 0.287. The second kappa shape index (κ2) is 6.86. The summed E-state index contributed by atoms with van der Waals surface area (Å²) in [6, 6.07) is 9.86. The molecule has 0 radical (unpaired) electrons. The van der Waals surface area contributed by atoms with E-state index in [0.29, 0.717) is 0 Å². The molecule has 2 rings (SSSR count). The maximum absolute atomic E-state index is 12.5. The number of nitrogens with two attached hydrogens (primary N) is 1. The minimum absolute atomic E-state index is 0.0628. The van der Waals surface area contributed by atoms with Crippen molar-refractivity contribution in [1.29, 1.82) is 0 Å². The number of nitrogens with zero attached hydrogens (tertiary/aromatic N) is 2. The fourth-order valence-electron chi connectivity index (χ4n) is 2.54. The van der Waals surface area contributed by atoms with E-state index in [4.69, 9.17) is 5.73 Å². The minimum Gasteiger partial charge on any atom is -0.320 e. The third kappa shape index (κ3) is 3.38. The Bertz CT molecular complexity index is 435. The number of amides is 1. The van der Waals surface area contributed by atoms with E-state index in [0.717, 1.165) is 32.5 Å². The molecule has 1 fully saturated rings.